The van der Waals surface area contributed by atoms with Crippen LogP contribution in [0.3, 0.4) is 0 Å². The molecule has 0 aromatic carbocycles. The highest BCUT2D eigenvalue weighted by Crippen LogP contribution is 2.00. The average Bonchev–Trinajstić information content (AvgIpc) is 2.14. The second-order valence-electron chi connectivity index (χ2n) is 2.77. The Morgan fingerprint density at radius 2 is 2.42 bits per heavy atom. The highest BCUT2D eigenvalue weighted by atomic mass is 15.0. The van der Waals surface area contributed by atoms with Crippen LogP contribution in [0.2, 0.25) is 0 Å². The topological polar surface area (TPSA) is 24.9 Å². The van der Waals surface area contributed by atoms with Gasteiger partial charge in [-0.1, -0.05) is 19.8 Å². The molecule has 0 atom stereocenters. The molecule has 0 aliphatic rings. The van der Waals surface area contributed by atoms with Crippen LogP contribution in [0.5, 0.6) is 0 Å². The van der Waals surface area contributed by atoms with Crippen molar-refractivity contribution in [3.63, 3.8) is 0 Å². The highest BCUT2D eigenvalue weighted by molar-refractivity contribution is 5.32. The monoisotopic (exact) mass is 163 g/mol. The molecule has 1 heterocycles. The summed E-state index contributed by atoms with van der Waals surface area (Å²) >= 11 is 0. The second-order valence-corrected chi connectivity index (χ2v) is 2.77. The van der Waals surface area contributed by atoms with E-state index in [0.717, 1.165) is 12.4 Å². The highest BCUT2D eigenvalue weighted by Gasteiger charge is 1.89. The van der Waals surface area contributed by atoms with Gasteiger partial charge in [-0.05, 0) is 24.6 Å². The fraction of sp³-hybridized carbons (Fsp3) is 0.500. The van der Waals surface area contributed by atoms with Gasteiger partial charge in [-0.3, -0.25) is 0 Å². The van der Waals surface area contributed by atoms with Crippen LogP contribution in [0.15, 0.2) is 18.3 Å². The van der Waals surface area contributed by atoms with Gasteiger partial charge in [0, 0.05) is 12.7 Å². The lowest BCUT2D eigenvalue weighted by molar-refractivity contribution is 0.742. The number of hydrogen-bond acceptors (Lipinski definition) is 2. The van der Waals surface area contributed by atoms with Gasteiger partial charge >= 0.3 is 0 Å². The Kier molecular flexibility index (Phi) is 4.21. The molecular formula is C10H15N2. The smallest absolute Gasteiger partial charge is 0.126 e. The Balaban J connectivity index is 2.16. The summed E-state index contributed by atoms with van der Waals surface area (Å²) in [5, 5.41) is 3.24. The first kappa shape index (κ1) is 9.04. The van der Waals surface area contributed by atoms with Crippen LogP contribution in [0.4, 0.5) is 5.82 Å². The number of rotatable bonds is 5. The Hall–Kier alpha value is -1.05. The summed E-state index contributed by atoms with van der Waals surface area (Å²) in [5.41, 5.74) is 0. The van der Waals surface area contributed by atoms with E-state index in [0.29, 0.717) is 0 Å². The largest absolute Gasteiger partial charge is 0.370 e. The summed E-state index contributed by atoms with van der Waals surface area (Å²) < 4.78 is 0. The zero-order chi connectivity index (χ0) is 8.65. The van der Waals surface area contributed by atoms with Crippen molar-refractivity contribution in [2.75, 3.05) is 11.9 Å². The van der Waals surface area contributed by atoms with Gasteiger partial charge in [0.1, 0.15) is 5.82 Å². The Morgan fingerprint density at radius 1 is 1.50 bits per heavy atom. The van der Waals surface area contributed by atoms with E-state index in [-0.39, 0.29) is 0 Å². The van der Waals surface area contributed by atoms with Crippen LogP contribution >= 0.6 is 0 Å². The molecule has 0 bridgehead atoms. The van der Waals surface area contributed by atoms with E-state index in [1.165, 1.54) is 19.3 Å². The Bertz CT molecular complexity index is 196. The molecule has 0 saturated heterocycles. The summed E-state index contributed by atoms with van der Waals surface area (Å²) in [5.74, 6) is 0.925. The number of nitrogens with zero attached hydrogens (tertiary/aromatic N) is 1. The molecule has 0 unspecified atom stereocenters. The molecule has 1 aromatic heterocycles. The van der Waals surface area contributed by atoms with Crippen molar-refractivity contribution in [1.29, 1.82) is 0 Å². The van der Waals surface area contributed by atoms with Gasteiger partial charge in [0.25, 0.3) is 0 Å². The number of aromatic nitrogens is 1. The van der Waals surface area contributed by atoms with Crippen molar-refractivity contribution in [3.05, 3.63) is 24.4 Å². The molecule has 1 aromatic rings. The Labute approximate surface area is 74.0 Å². The van der Waals surface area contributed by atoms with Crippen LogP contribution in [0.25, 0.3) is 0 Å². The summed E-state index contributed by atoms with van der Waals surface area (Å²) in [6.45, 7) is 3.22. The first-order chi connectivity index (χ1) is 5.93. The summed E-state index contributed by atoms with van der Waals surface area (Å²) in [7, 11) is 0. The first-order valence-corrected chi connectivity index (χ1v) is 4.49. The molecule has 0 aliphatic heterocycles. The minimum absolute atomic E-state index is 0.925. The van der Waals surface area contributed by atoms with Gasteiger partial charge in [0.05, 0.1) is 0 Å². The number of hydrogen-bond donors (Lipinski definition) is 1. The number of anilines is 1. The molecule has 1 N–H and O–H groups in total. The molecule has 2 heteroatoms. The quantitative estimate of drug-likeness (QED) is 0.674. The summed E-state index contributed by atoms with van der Waals surface area (Å²) in [6.07, 6.45) is 5.51. The fourth-order valence-electron chi connectivity index (χ4n) is 1.01. The molecule has 0 spiro atoms. The molecule has 12 heavy (non-hydrogen) atoms. The standard InChI is InChI=1S/C10H15N2/c1-2-3-5-8-11-10-7-4-6-9-12-10/h6-7,9H,2-3,5,8H2,1H3,(H,11,12). The predicted molar refractivity (Wildman–Crippen MR) is 51.1 cm³/mol. The van der Waals surface area contributed by atoms with Gasteiger partial charge in [0.2, 0.25) is 0 Å². The molecule has 0 saturated carbocycles. The first-order valence-electron chi connectivity index (χ1n) is 4.49. The molecule has 2 nitrogen and oxygen atoms in total. The molecular weight excluding hydrogens is 148 g/mol. The van der Waals surface area contributed by atoms with Crippen LogP contribution in [0, 0.1) is 6.07 Å². The third kappa shape index (κ3) is 3.37. The summed E-state index contributed by atoms with van der Waals surface area (Å²) in [4.78, 5) is 4.13. The zero-order valence-corrected chi connectivity index (χ0v) is 7.51. The van der Waals surface area contributed by atoms with Gasteiger partial charge in [0.15, 0.2) is 0 Å². The van der Waals surface area contributed by atoms with Gasteiger partial charge in [-0.2, -0.15) is 0 Å². The van der Waals surface area contributed by atoms with Gasteiger partial charge in [-0.15, -0.1) is 0 Å². The molecule has 0 amide bonds. The predicted octanol–water partition coefficient (Wildman–Crippen LogP) is 2.48. The van der Waals surface area contributed by atoms with Crippen molar-refractivity contribution >= 4 is 5.82 Å². The Morgan fingerprint density at radius 3 is 3.08 bits per heavy atom. The van der Waals surface area contributed by atoms with E-state index < -0.39 is 0 Å². The van der Waals surface area contributed by atoms with E-state index in [1.54, 1.807) is 12.3 Å². The van der Waals surface area contributed by atoms with Crippen molar-refractivity contribution in [2.45, 2.75) is 26.2 Å². The van der Waals surface area contributed by atoms with E-state index in [9.17, 15) is 0 Å². The number of unbranched alkanes of at least 4 members (excludes halogenated alkanes) is 2. The van der Waals surface area contributed by atoms with Crippen LogP contribution in [-0.4, -0.2) is 11.5 Å². The molecule has 65 valence electrons. The van der Waals surface area contributed by atoms with Crippen molar-refractivity contribution < 1.29 is 0 Å². The van der Waals surface area contributed by atoms with Crippen molar-refractivity contribution in [3.8, 4) is 0 Å². The lowest BCUT2D eigenvalue weighted by Gasteiger charge is -2.02. The third-order valence-corrected chi connectivity index (χ3v) is 1.69. The molecule has 0 aliphatic carbocycles. The maximum absolute atomic E-state index is 4.13. The lowest BCUT2D eigenvalue weighted by atomic mass is 10.2. The molecule has 1 radical (unpaired) electrons. The number of nitrogens with one attached hydrogen (secondary N) is 1. The summed E-state index contributed by atoms with van der Waals surface area (Å²) in [6, 6.07) is 6.65. The normalized spacial score (nSPS) is 9.75. The van der Waals surface area contributed by atoms with E-state index in [4.69, 9.17) is 0 Å². The number of pyridine rings is 1. The van der Waals surface area contributed by atoms with E-state index in [1.807, 2.05) is 6.07 Å². The second kappa shape index (κ2) is 5.58. The van der Waals surface area contributed by atoms with E-state index >= 15 is 0 Å². The average molecular weight is 163 g/mol. The van der Waals surface area contributed by atoms with Gasteiger partial charge in [-0.25, -0.2) is 4.98 Å². The lowest BCUT2D eigenvalue weighted by Crippen LogP contribution is -2.02. The van der Waals surface area contributed by atoms with Crippen LogP contribution < -0.4 is 5.32 Å². The maximum atomic E-state index is 4.13. The minimum Gasteiger partial charge on any atom is -0.370 e. The SMILES string of the molecule is CCCCCNc1c[c]ccn1. The minimum atomic E-state index is 0.925. The maximum Gasteiger partial charge on any atom is 0.126 e. The molecule has 1 rings (SSSR count). The van der Waals surface area contributed by atoms with Crippen LogP contribution in [0.1, 0.15) is 26.2 Å². The van der Waals surface area contributed by atoms with Crippen LogP contribution in [-0.2, 0) is 0 Å². The van der Waals surface area contributed by atoms with Gasteiger partial charge < -0.3 is 5.32 Å². The zero-order valence-electron chi connectivity index (χ0n) is 7.51. The third-order valence-electron chi connectivity index (χ3n) is 1.69. The fourth-order valence-corrected chi connectivity index (χ4v) is 1.01. The van der Waals surface area contributed by atoms with Crippen molar-refractivity contribution in [2.24, 2.45) is 0 Å². The van der Waals surface area contributed by atoms with E-state index in [2.05, 4.69) is 23.3 Å². The molecule has 0 fully saturated rings. The van der Waals surface area contributed by atoms with Crippen molar-refractivity contribution in [1.82, 2.24) is 4.98 Å².